The van der Waals surface area contributed by atoms with E-state index in [1.54, 1.807) is 4.90 Å². The van der Waals surface area contributed by atoms with Crippen LogP contribution >= 0.6 is 0 Å². The third-order valence-corrected chi connectivity index (χ3v) is 3.99. The van der Waals surface area contributed by atoms with Gasteiger partial charge < -0.3 is 10.6 Å². The van der Waals surface area contributed by atoms with Crippen molar-refractivity contribution in [3.05, 3.63) is 0 Å². The van der Waals surface area contributed by atoms with Crippen molar-refractivity contribution in [1.29, 1.82) is 0 Å². The molecule has 3 nitrogen and oxygen atoms in total. The molecule has 120 valence electrons. The van der Waals surface area contributed by atoms with E-state index in [4.69, 9.17) is 5.73 Å². The molecule has 0 heterocycles. The van der Waals surface area contributed by atoms with Crippen LogP contribution in [0.3, 0.4) is 0 Å². The molecule has 0 aromatic rings. The predicted molar refractivity (Wildman–Crippen MR) is 87.7 cm³/mol. The Morgan fingerprint density at radius 2 is 1.50 bits per heavy atom. The van der Waals surface area contributed by atoms with Gasteiger partial charge >= 0.3 is 0 Å². The van der Waals surface area contributed by atoms with E-state index in [1.807, 2.05) is 14.1 Å². The van der Waals surface area contributed by atoms with E-state index in [-0.39, 0.29) is 5.91 Å². The smallest absolute Gasteiger partial charge is 0.222 e. The van der Waals surface area contributed by atoms with Crippen LogP contribution in [0.2, 0.25) is 0 Å². The Morgan fingerprint density at radius 3 is 2.05 bits per heavy atom. The monoisotopic (exact) mass is 284 g/mol. The summed E-state index contributed by atoms with van der Waals surface area (Å²) in [4.78, 5) is 13.5. The Bertz CT molecular complexity index is 229. The van der Waals surface area contributed by atoms with E-state index in [0.717, 1.165) is 19.4 Å². The summed E-state index contributed by atoms with van der Waals surface area (Å²) in [6.45, 7) is 2.99. The number of rotatable bonds is 13. The van der Waals surface area contributed by atoms with Crippen LogP contribution in [-0.4, -0.2) is 31.4 Å². The highest BCUT2D eigenvalue weighted by atomic mass is 16.2. The number of hydrogen-bond acceptors (Lipinski definition) is 2. The van der Waals surface area contributed by atoms with E-state index in [2.05, 4.69) is 6.92 Å². The minimum atomic E-state index is 0.259. The van der Waals surface area contributed by atoms with Crippen molar-refractivity contribution >= 4 is 5.91 Å². The number of nitrogens with two attached hydrogens (primary N) is 1. The summed E-state index contributed by atoms with van der Waals surface area (Å²) in [5, 5.41) is 0. The van der Waals surface area contributed by atoms with E-state index < -0.39 is 0 Å². The van der Waals surface area contributed by atoms with Gasteiger partial charge in [-0.25, -0.2) is 0 Å². The van der Waals surface area contributed by atoms with E-state index in [0.29, 0.717) is 12.3 Å². The highest BCUT2D eigenvalue weighted by molar-refractivity contribution is 5.75. The highest BCUT2D eigenvalue weighted by Crippen LogP contribution is 2.20. The van der Waals surface area contributed by atoms with Crippen molar-refractivity contribution in [1.82, 2.24) is 4.90 Å². The second-order valence-corrected chi connectivity index (χ2v) is 6.20. The first-order chi connectivity index (χ1) is 9.61. The number of hydrogen-bond donors (Lipinski definition) is 1. The summed E-state index contributed by atoms with van der Waals surface area (Å²) in [5.74, 6) is 0.791. The Morgan fingerprint density at radius 1 is 0.950 bits per heavy atom. The van der Waals surface area contributed by atoms with Crippen molar-refractivity contribution < 1.29 is 4.79 Å². The molecule has 2 N–H and O–H groups in total. The summed E-state index contributed by atoms with van der Waals surface area (Å²) in [5.41, 5.74) is 5.59. The Hall–Kier alpha value is -0.570. The number of nitrogens with zero attached hydrogens (tertiary/aromatic N) is 1. The quantitative estimate of drug-likeness (QED) is 0.520. The zero-order chi connectivity index (χ0) is 15.2. The molecule has 0 fully saturated rings. The topological polar surface area (TPSA) is 46.3 Å². The third-order valence-electron chi connectivity index (χ3n) is 3.99. The number of unbranched alkanes of at least 4 members (excludes halogenated alkanes) is 6. The van der Waals surface area contributed by atoms with Gasteiger partial charge in [0.2, 0.25) is 5.91 Å². The average molecular weight is 284 g/mol. The fourth-order valence-corrected chi connectivity index (χ4v) is 2.57. The number of carbonyl (C=O) groups excluding carboxylic acids is 1. The SMILES string of the molecule is CCCCCCCCCC(CCCN)CC(=O)N(C)C. The van der Waals surface area contributed by atoms with Gasteiger partial charge in [-0.3, -0.25) is 4.79 Å². The highest BCUT2D eigenvalue weighted by Gasteiger charge is 2.14. The van der Waals surface area contributed by atoms with Crippen molar-refractivity contribution in [2.45, 2.75) is 77.6 Å². The number of amides is 1. The lowest BCUT2D eigenvalue weighted by Crippen LogP contribution is -2.24. The summed E-state index contributed by atoms with van der Waals surface area (Å²) < 4.78 is 0. The van der Waals surface area contributed by atoms with Gasteiger partial charge in [0.05, 0.1) is 0 Å². The molecule has 0 spiro atoms. The molecule has 1 atom stereocenters. The lowest BCUT2D eigenvalue weighted by atomic mass is 9.92. The van der Waals surface area contributed by atoms with Gasteiger partial charge in [0.25, 0.3) is 0 Å². The molecule has 0 aromatic carbocycles. The molecule has 0 saturated carbocycles. The van der Waals surface area contributed by atoms with Crippen molar-refractivity contribution in [3.63, 3.8) is 0 Å². The van der Waals surface area contributed by atoms with Crippen molar-refractivity contribution in [3.8, 4) is 0 Å². The van der Waals surface area contributed by atoms with Gasteiger partial charge in [-0.1, -0.05) is 51.9 Å². The van der Waals surface area contributed by atoms with Crippen molar-refractivity contribution in [2.24, 2.45) is 11.7 Å². The largest absolute Gasteiger partial charge is 0.349 e. The van der Waals surface area contributed by atoms with Crippen molar-refractivity contribution in [2.75, 3.05) is 20.6 Å². The first-order valence-electron chi connectivity index (χ1n) is 8.52. The summed E-state index contributed by atoms with van der Waals surface area (Å²) in [6.07, 6.45) is 13.4. The maximum atomic E-state index is 11.8. The minimum absolute atomic E-state index is 0.259. The standard InChI is InChI=1S/C17H36N2O/c1-4-5-6-7-8-9-10-12-16(13-11-14-18)15-17(20)19(2)3/h16H,4-15,18H2,1-3H3. The normalized spacial score (nSPS) is 12.4. The molecular formula is C17H36N2O. The second kappa shape index (κ2) is 13.4. The minimum Gasteiger partial charge on any atom is -0.349 e. The molecule has 0 aliphatic heterocycles. The molecular weight excluding hydrogens is 248 g/mol. The molecule has 0 bridgehead atoms. The Balaban J connectivity index is 3.77. The van der Waals surface area contributed by atoms with Crippen LogP contribution in [0, 0.1) is 5.92 Å². The molecule has 1 amide bonds. The van der Waals surface area contributed by atoms with Gasteiger partial charge in [0, 0.05) is 20.5 Å². The maximum absolute atomic E-state index is 11.8. The fraction of sp³-hybridized carbons (Fsp3) is 0.941. The molecule has 0 rings (SSSR count). The van der Waals surface area contributed by atoms with E-state index in [1.165, 1.54) is 51.4 Å². The van der Waals surface area contributed by atoms with Gasteiger partial charge in [-0.05, 0) is 31.7 Å². The van der Waals surface area contributed by atoms with Crippen LogP contribution in [0.15, 0.2) is 0 Å². The van der Waals surface area contributed by atoms with Crippen LogP contribution in [0.4, 0.5) is 0 Å². The van der Waals surface area contributed by atoms with Crippen LogP contribution in [0.25, 0.3) is 0 Å². The van der Waals surface area contributed by atoms with Crippen LogP contribution in [0.5, 0.6) is 0 Å². The molecule has 0 saturated heterocycles. The van der Waals surface area contributed by atoms with Crippen LogP contribution in [0.1, 0.15) is 77.6 Å². The summed E-state index contributed by atoms with van der Waals surface area (Å²) >= 11 is 0. The van der Waals surface area contributed by atoms with Crippen LogP contribution in [-0.2, 0) is 4.79 Å². The lowest BCUT2D eigenvalue weighted by molar-refractivity contribution is -0.129. The zero-order valence-corrected chi connectivity index (χ0v) is 14.0. The van der Waals surface area contributed by atoms with E-state index in [9.17, 15) is 4.79 Å². The zero-order valence-electron chi connectivity index (χ0n) is 14.0. The molecule has 0 radical (unpaired) electrons. The fourth-order valence-electron chi connectivity index (χ4n) is 2.57. The Labute approximate surface area is 126 Å². The maximum Gasteiger partial charge on any atom is 0.222 e. The molecule has 0 aliphatic carbocycles. The average Bonchev–Trinajstić information content (AvgIpc) is 2.43. The second-order valence-electron chi connectivity index (χ2n) is 6.20. The van der Waals surface area contributed by atoms with Gasteiger partial charge in [0.15, 0.2) is 0 Å². The predicted octanol–water partition coefficient (Wildman–Crippen LogP) is 3.96. The lowest BCUT2D eigenvalue weighted by Gasteiger charge is -2.18. The molecule has 0 aromatic heterocycles. The third kappa shape index (κ3) is 11.3. The molecule has 1 unspecified atom stereocenters. The van der Waals surface area contributed by atoms with E-state index >= 15 is 0 Å². The summed E-state index contributed by atoms with van der Waals surface area (Å²) in [6, 6.07) is 0. The van der Waals surface area contributed by atoms with Gasteiger partial charge in [-0.2, -0.15) is 0 Å². The first kappa shape index (κ1) is 19.4. The molecule has 0 aliphatic rings. The van der Waals surface area contributed by atoms with Gasteiger partial charge in [-0.15, -0.1) is 0 Å². The molecule has 3 heteroatoms. The Kier molecular flexibility index (Phi) is 13.0. The van der Waals surface area contributed by atoms with Crippen LogP contribution < -0.4 is 5.73 Å². The molecule has 20 heavy (non-hydrogen) atoms. The first-order valence-corrected chi connectivity index (χ1v) is 8.52. The number of carbonyl (C=O) groups is 1. The summed E-state index contributed by atoms with van der Waals surface area (Å²) in [7, 11) is 3.69. The van der Waals surface area contributed by atoms with Gasteiger partial charge in [0.1, 0.15) is 0 Å².